The molecule has 1 N–H and O–H groups in total. The fourth-order valence-corrected chi connectivity index (χ4v) is 2.43. The third kappa shape index (κ3) is 5.17. The van der Waals surface area contributed by atoms with Gasteiger partial charge in [0, 0.05) is 5.02 Å². The zero-order valence-electron chi connectivity index (χ0n) is 14.0. The van der Waals surface area contributed by atoms with Gasteiger partial charge in [0.1, 0.15) is 24.2 Å². The lowest BCUT2D eigenvalue weighted by molar-refractivity contribution is 0.290. The Balaban J connectivity index is 1.69. The molecule has 0 saturated heterocycles. The molecular weight excluding hydrogens is 386 g/mol. The van der Waals surface area contributed by atoms with E-state index in [1.165, 1.54) is 4.68 Å². The Kier molecular flexibility index (Phi) is 6.20. The van der Waals surface area contributed by atoms with Crippen molar-refractivity contribution < 1.29 is 9.47 Å². The summed E-state index contributed by atoms with van der Waals surface area (Å²) >= 11 is 11.1. The molecule has 9 heteroatoms. The summed E-state index contributed by atoms with van der Waals surface area (Å²) in [6, 6.07) is 16.1. The van der Waals surface area contributed by atoms with E-state index in [0.717, 1.165) is 5.56 Å². The lowest BCUT2D eigenvalue weighted by Crippen LogP contribution is -2.04. The van der Waals surface area contributed by atoms with E-state index in [-0.39, 0.29) is 13.2 Å². The molecule has 1 heterocycles. The zero-order chi connectivity index (χ0) is 19.1. The lowest BCUT2D eigenvalue weighted by Gasteiger charge is -2.05. The van der Waals surface area contributed by atoms with Crippen molar-refractivity contribution in [2.24, 2.45) is 5.10 Å². The molecule has 0 unspecified atom stereocenters. The van der Waals surface area contributed by atoms with Crippen LogP contribution in [0.2, 0.25) is 5.02 Å². The minimum Gasteiger partial charge on any atom is -0.486 e. The average molecular weight is 400 g/mol. The third-order valence-electron chi connectivity index (χ3n) is 3.40. The van der Waals surface area contributed by atoms with Crippen LogP contribution in [0.4, 0.5) is 0 Å². The van der Waals surface area contributed by atoms with Gasteiger partial charge in [-0.05, 0) is 66.3 Å². The number of halogens is 1. The Morgan fingerprint density at radius 2 is 1.81 bits per heavy atom. The van der Waals surface area contributed by atoms with Crippen LogP contribution in [0.15, 0.2) is 53.6 Å². The van der Waals surface area contributed by atoms with Gasteiger partial charge >= 0.3 is 0 Å². The smallest absolute Gasteiger partial charge is 0.216 e. The predicted molar refractivity (Wildman–Crippen MR) is 104 cm³/mol. The van der Waals surface area contributed by atoms with Crippen LogP contribution in [0.5, 0.6) is 11.5 Å². The largest absolute Gasteiger partial charge is 0.486 e. The van der Waals surface area contributed by atoms with Gasteiger partial charge in [-0.15, -0.1) is 0 Å². The monoisotopic (exact) mass is 399 g/mol. The molecule has 3 rings (SSSR count). The van der Waals surface area contributed by atoms with Gasteiger partial charge in [0.25, 0.3) is 0 Å². The number of nitriles is 1. The van der Waals surface area contributed by atoms with Crippen LogP contribution in [0.25, 0.3) is 0 Å². The maximum Gasteiger partial charge on any atom is 0.216 e. The van der Waals surface area contributed by atoms with Crippen LogP contribution in [0, 0.1) is 16.1 Å². The van der Waals surface area contributed by atoms with Crippen LogP contribution in [-0.2, 0) is 6.61 Å². The van der Waals surface area contributed by atoms with Gasteiger partial charge in [0.15, 0.2) is 12.4 Å². The van der Waals surface area contributed by atoms with Crippen molar-refractivity contribution in [1.82, 2.24) is 14.9 Å². The topological polar surface area (TPSA) is 88.2 Å². The number of nitrogens with one attached hydrogen (secondary N) is 1. The maximum atomic E-state index is 8.52. The molecule has 136 valence electrons. The van der Waals surface area contributed by atoms with Gasteiger partial charge in [-0.2, -0.15) is 20.1 Å². The molecule has 0 amide bonds. The zero-order valence-corrected chi connectivity index (χ0v) is 15.6. The average Bonchev–Trinajstić information content (AvgIpc) is 3.04. The summed E-state index contributed by atoms with van der Waals surface area (Å²) in [4.78, 5) is 0. The van der Waals surface area contributed by atoms with Gasteiger partial charge in [-0.1, -0.05) is 11.6 Å². The van der Waals surface area contributed by atoms with E-state index in [1.807, 2.05) is 18.2 Å². The Labute approximate surface area is 165 Å². The van der Waals surface area contributed by atoms with Crippen molar-refractivity contribution >= 4 is 30.0 Å². The highest BCUT2D eigenvalue weighted by Crippen LogP contribution is 2.16. The lowest BCUT2D eigenvalue weighted by atomic mass is 10.2. The SMILES string of the molecule is N#CCOc1ccc(/C=N\n2c(COc3ccc(Cl)cc3)n[nH]c2=S)cc1. The highest BCUT2D eigenvalue weighted by Gasteiger charge is 2.06. The molecule has 0 fully saturated rings. The summed E-state index contributed by atoms with van der Waals surface area (Å²) in [6.07, 6.45) is 1.64. The van der Waals surface area contributed by atoms with Crippen LogP contribution >= 0.6 is 23.8 Å². The Morgan fingerprint density at radius 3 is 2.52 bits per heavy atom. The molecule has 0 radical (unpaired) electrons. The van der Waals surface area contributed by atoms with Gasteiger partial charge < -0.3 is 9.47 Å². The van der Waals surface area contributed by atoms with E-state index in [2.05, 4.69) is 15.3 Å². The first-order valence-corrected chi connectivity index (χ1v) is 8.63. The van der Waals surface area contributed by atoms with E-state index in [0.29, 0.717) is 27.1 Å². The minimum absolute atomic E-state index is 0.00853. The Morgan fingerprint density at radius 1 is 1.15 bits per heavy atom. The highest BCUT2D eigenvalue weighted by molar-refractivity contribution is 7.71. The number of aromatic nitrogens is 3. The first kappa shape index (κ1) is 18.6. The van der Waals surface area contributed by atoms with E-state index in [1.54, 1.807) is 42.6 Å². The fourth-order valence-electron chi connectivity index (χ4n) is 2.11. The molecule has 2 aromatic carbocycles. The van der Waals surface area contributed by atoms with Crippen LogP contribution in [0.3, 0.4) is 0 Å². The molecular formula is C18H14ClN5O2S. The van der Waals surface area contributed by atoms with E-state index >= 15 is 0 Å². The first-order valence-electron chi connectivity index (χ1n) is 7.84. The van der Waals surface area contributed by atoms with E-state index in [9.17, 15) is 0 Å². The Bertz CT molecular complexity index is 1020. The molecule has 0 aliphatic carbocycles. The standard InChI is InChI=1S/C18H14ClN5O2S/c19-14-3-7-16(8-4-14)26-12-17-22-23-18(27)24(17)21-11-13-1-5-15(6-2-13)25-10-9-20/h1-8,11H,10,12H2,(H,23,27)/b21-11-. The summed E-state index contributed by atoms with van der Waals surface area (Å²) in [5.74, 6) is 1.81. The van der Waals surface area contributed by atoms with Crippen molar-refractivity contribution in [3.63, 3.8) is 0 Å². The molecule has 3 aromatic rings. The summed E-state index contributed by atoms with van der Waals surface area (Å²) in [6.45, 7) is 0.196. The molecule has 0 aliphatic heterocycles. The number of ether oxygens (including phenoxy) is 2. The second-order valence-electron chi connectivity index (χ2n) is 5.26. The van der Waals surface area contributed by atoms with E-state index < -0.39 is 0 Å². The number of hydrogen-bond acceptors (Lipinski definition) is 6. The minimum atomic E-state index is 0.00853. The molecule has 0 saturated carbocycles. The maximum absolute atomic E-state index is 8.52. The Hall–Kier alpha value is -3.15. The van der Waals surface area contributed by atoms with Crippen molar-refractivity contribution in [2.75, 3.05) is 6.61 Å². The van der Waals surface area contributed by atoms with Gasteiger partial charge in [-0.25, -0.2) is 5.10 Å². The second kappa shape index (κ2) is 8.98. The van der Waals surface area contributed by atoms with Crippen molar-refractivity contribution in [1.29, 1.82) is 5.26 Å². The summed E-state index contributed by atoms with van der Waals surface area (Å²) in [7, 11) is 0. The number of nitrogens with zero attached hydrogens (tertiary/aromatic N) is 4. The first-order chi connectivity index (χ1) is 13.2. The molecule has 0 bridgehead atoms. The number of hydrogen-bond donors (Lipinski definition) is 1. The van der Waals surface area contributed by atoms with Gasteiger partial charge in [0.2, 0.25) is 4.77 Å². The molecule has 0 spiro atoms. The number of benzene rings is 2. The van der Waals surface area contributed by atoms with Crippen molar-refractivity contribution in [2.45, 2.75) is 6.61 Å². The summed E-state index contributed by atoms with van der Waals surface area (Å²) < 4.78 is 12.7. The molecule has 0 atom stereocenters. The fraction of sp³-hybridized carbons (Fsp3) is 0.111. The van der Waals surface area contributed by atoms with Gasteiger partial charge in [0.05, 0.1) is 6.21 Å². The second-order valence-corrected chi connectivity index (χ2v) is 6.08. The predicted octanol–water partition coefficient (Wildman–Crippen LogP) is 3.96. The van der Waals surface area contributed by atoms with Crippen LogP contribution in [-0.4, -0.2) is 27.7 Å². The summed E-state index contributed by atoms with van der Waals surface area (Å²) in [5, 5.41) is 20.4. The molecule has 7 nitrogen and oxygen atoms in total. The van der Waals surface area contributed by atoms with Crippen molar-refractivity contribution in [3.05, 3.63) is 69.7 Å². The molecule has 27 heavy (non-hydrogen) atoms. The quantitative estimate of drug-likeness (QED) is 0.480. The highest BCUT2D eigenvalue weighted by atomic mass is 35.5. The number of aromatic amines is 1. The number of H-pyrrole nitrogens is 1. The molecule has 0 aliphatic rings. The van der Waals surface area contributed by atoms with Gasteiger partial charge in [-0.3, -0.25) is 0 Å². The van der Waals surface area contributed by atoms with Crippen molar-refractivity contribution in [3.8, 4) is 17.6 Å². The third-order valence-corrected chi connectivity index (χ3v) is 3.92. The summed E-state index contributed by atoms with van der Waals surface area (Å²) in [5.41, 5.74) is 0.840. The molecule has 1 aromatic heterocycles. The normalized spacial score (nSPS) is 10.7. The van der Waals surface area contributed by atoms with E-state index in [4.69, 9.17) is 38.6 Å². The van der Waals surface area contributed by atoms with Crippen LogP contribution < -0.4 is 9.47 Å². The number of rotatable bonds is 7. The van der Waals surface area contributed by atoms with Crippen LogP contribution in [0.1, 0.15) is 11.4 Å².